The Hall–Kier alpha value is -0.930. The van der Waals surface area contributed by atoms with Crippen LogP contribution in [0.5, 0.6) is 0 Å². The van der Waals surface area contributed by atoms with Gasteiger partial charge in [0.2, 0.25) is 0 Å². The van der Waals surface area contributed by atoms with Crippen molar-refractivity contribution in [2.24, 2.45) is 5.92 Å². The van der Waals surface area contributed by atoms with Crippen molar-refractivity contribution in [2.75, 3.05) is 19.6 Å². The van der Waals surface area contributed by atoms with Crippen molar-refractivity contribution in [3.8, 4) is 0 Å². The summed E-state index contributed by atoms with van der Waals surface area (Å²) in [7, 11) is 0. The molecule has 21 heavy (non-hydrogen) atoms. The van der Waals surface area contributed by atoms with Crippen LogP contribution in [0.15, 0.2) is 18.2 Å². The Balaban J connectivity index is 1.60. The summed E-state index contributed by atoms with van der Waals surface area (Å²) in [5.74, 6) is 0.788. The monoisotopic (exact) mass is 290 g/mol. The van der Waals surface area contributed by atoms with Gasteiger partial charge in [-0.3, -0.25) is 4.90 Å². The largest absolute Gasteiger partial charge is 0.311 e. The smallest absolute Gasteiger partial charge is 0.123 e. The van der Waals surface area contributed by atoms with Crippen LogP contribution in [0.25, 0.3) is 0 Å². The number of hydrogen-bond acceptors (Lipinski definition) is 2. The molecule has 1 aliphatic heterocycles. The van der Waals surface area contributed by atoms with Crippen molar-refractivity contribution in [3.63, 3.8) is 0 Å². The van der Waals surface area contributed by atoms with Crippen molar-refractivity contribution >= 4 is 0 Å². The summed E-state index contributed by atoms with van der Waals surface area (Å²) in [6.07, 6.45) is 5.03. The van der Waals surface area contributed by atoms with Gasteiger partial charge >= 0.3 is 0 Å². The molecule has 0 spiro atoms. The maximum atomic E-state index is 13.2. The normalized spacial score (nSPS) is 27.0. The van der Waals surface area contributed by atoms with E-state index in [9.17, 15) is 4.39 Å². The molecule has 2 aliphatic rings. The molecule has 1 heterocycles. The molecule has 3 rings (SSSR count). The minimum Gasteiger partial charge on any atom is -0.311 e. The lowest BCUT2D eigenvalue weighted by atomic mass is 10.0. The van der Waals surface area contributed by atoms with E-state index < -0.39 is 0 Å². The minimum atomic E-state index is -0.126. The number of nitrogens with one attached hydrogen (secondary N) is 1. The summed E-state index contributed by atoms with van der Waals surface area (Å²) in [4.78, 5) is 2.66. The number of rotatable bonds is 5. The van der Waals surface area contributed by atoms with Crippen LogP contribution in [0.2, 0.25) is 0 Å². The lowest BCUT2D eigenvalue weighted by molar-refractivity contribution is 0.120. The van der Waals surface area contributed by atoms with Crippen LogP contribution >= 0.6 is 0 Å². The third-order valence-corrected chi connectivity index (χ3v) is 5.20. The second-order valence-corrected chi connectivity index (χ2v) is 6.73. The maximum absolute atomic E-state index is 13.2. The Morgan fingerprint density at radius 3 is 2.81 bits per heavy atom. The second kappa shape index (κ2) is 6.45. The summed E-state index contributed by atoms with van der Waals surface area (Å²) < 4.78 is 13.2. The lowest BCUT2D eigenvalue weighted by Gasteiger charge is -2.40. The first kappa shape index (κ1) is 15.0. The van der Waals surface area contributed by atoms with Crippen LogP contribution in [-0.4, -0.2) is 36.6 Å². The van der Waals surface area contributed by atoms with Gasteiger partial charge in [-0.15, -0.1) is 0 Å². The molecule has 2 fully saturated rings. The van der Waals surface area contributed by atoms with Crippen LogP contribution in [-0.2, 0) is 6.42 Å². The molecule has 116 valence electrons. The number of piperazine rings is 1. The fraction of sp³-hybridized carbons (Fsp3) is 0.667. The summed E-state index contributed by atoms with van der Waals surface area (Å²) in [5.41, 5.74) is 2.37. The molecule has 0 aromatic heterocycles. The van der Waals surface area contributed by atoms with Crippen molar-refractivity contribution in [2.45, 2.75) is 51.6 Å². The molecule has 1 saturated heterocycles. The standard InChI is InChI=1S/C18H27FN2/c1-3-17-11-20-18(15-4-5-15)12-21(17)9-8-14-6-7-16(19)10-13(14)2/h6-7,10,15,17-18,20H,3-5,8-9,11-12H2,1-2H3. The van der Waals surface area contributed by atoms with E-state index in [2.05, 4.69) is 17.1 Å². The Kier molecular flexibility index (Phi) is 4.60. The Bertz CT molecular complexity index is 484. The molecule has 0 radical (unpaired) electrons. The van der Waals surface area contributed by atoms with Gasteiger partial charge in [-0.1, -0.05) is 13.0 Å². The molecule has 3 heteroatoms. The molecule has 2 nitrogen and oxygen atoms in total. The summed E-state index contributed by atoms with van der Waals surface area (Å²) in [6, 6.07) is 6.54. The molecule has 1 saturated carbocycles. The van der Waals surface area contributed by atoms with Gasteiger partial charge in [-0.2, -0.15) is 0 Å². The van der Waals surface area contributed by atoms with Gasteiger partial charge in [0.25, 0.3) is 0 Å². The van der Waals surface area contributed by atoms with Gasteiger partial charge in [-0.25, -0.2) is 4.39 Å². The predicted octanol–water partition coefficient (Wildman–Crippen LogP) is 3.14. The van der Waals surface area contributed by atoms with Crippen LogP contribution in [0.1, 0.15) is 37.3 Å². The number of aryl methyl sites for hydroxylation is 1. The molecule has 2 atom stereocenters. The first-order valence-corrected chi connectivity index (χ1v) is 8.40. The average molecular weight is 290 g/mol. The number of nitrogens with zero attached hydrogens (tertiary/aromatic N) is 1. The number of benzene rings is 1. The van der Waals surface area contributed by atoms with E-state index in [1.165, 1.54) is 31.4 Å². The van der Waals surface area contributed by atoms with E-state index in [1.807, 2.05) is 13.0 Å². The van der Waals surface area contributed by atoms with Crippen molar-refractivity contribution in [1.82, 2.24) is 10.2 Å². The van der Waals surface area contributed by atoms with Gasteiger partial charge in [0.15, 0.2) is 0 Å². The Labute approximate surface area is 127 Å². The SMILES string of the molecule is CCC1CNC(C2CC2)CN1CCc1ccc(F)cc1C. The van der Waals surface area contributed by atoms with E-state index in [0.29, 0.717) is 12.1 Å². The zero-order chi connectivity index (χ0) is 14.8. The van der Waals surface area contributed by atoms with E-state index in [0.717, 1.165) is 31.0 Å². The van der Waals surface area contributed by atoms with Crippen LogP contribution in [0, 0.1) is 18.7 Å². The fourth-order valence-corrected chi connectivity index (χ4v) is 3.58. The second-order valence-electron chi connectivity index (χ2n) is 6.73. The van der Waals surface area contributed by atoms with Crippen molar-refractivity contribution in [1.29, 1.82) is 0 Å². The first-order chi connectivity index (χ1) is 10.2. The minimum absolute atomic E-state index is 0.126. The van der Waals surface area contributed by atoms with Gasteiger partial charge in [0.05, 0.1) is 0 Å². The zero-order valence-electron chi connectivity index (χ0n) is 13.2. The Morgan fingerprint density at radius 1 is 1.33 bits per heavy atom. The summed E-state index contributed by atoms with van der Waals surface area (Å²) in [6.45, 7) is 7.69. The van der Waals surface area contributed by atoms with Gasteiger partial charge in [-0.05, 0) is 61.8 Å². The van der Waals surface area contributed by atoms with E-state index in [-0.39, 0.29) is 5.82 Å². The summed E-state index contributed by atoms with van der Waals surface area (Å²) >= 11 is 0. The number of halogens is 1. The first-order valence-electron chi connectivity index (χ1n) is 8.40. The number of hydrogen-bond donors (Lipinski definition) is 1. The molecule has 0 bridgehead atoms. The topological polar surface area (TPSA) is 15.3 Å². The van der Waals surface area contributed by atoms with Gasteiger partial charge < -0.3 is 5.32 Å². The molecule has 0 amide bonds. The third kappa shape index (κ3) is 3.64. The molecule has 1 aromatic carbocycles. The van der Waals surface area contributed by atoms with Crippen molar-refractivity contribution in [3.05, 3.63) is 35.1 Å². The highest BCUT2D eigenvalue weighted by Crippen LogP contribution is 2.34. The molecule has 2 unspecified atom stereocenters. The average Bonchev–Trinajstić information content (AvgIpc) is 3.31. The maximum Gasteiger partial charge on any atom is 0.123 e. The quantitative estimate of drug-likeness (QED) is 0.896. The Morgan fingerprint density at radius 2 is 2.14 bits per heavy atom. The van der Waals surface area contributed by atoms with E-state index in [4.69, 9.17) is 0 Å². The molecular formula is C18H27FN2. The zero-order valence-corrected chi connectivity index (χ0v) is 13.2. The van der Waals surface area contributed by atoms with E-state index >= 15 is 0 Å². The summed E-state index contributed by atoms with van der Waals surface area (Å²) in [5, 5.41) is 3.74. The molecule has 1 aromatic rings. The van der Waals surface area contributed by atoms with Gasteiger partial charge in [0, 0.05) is 31.7 Å². The fourth-order valence-electron chi connectivity index (χ4n) is 3.58. The molecular weight excluding hydrogens is 263 g/mol. The molecule has 1 N–H and O–H groups in total. The highest BCUT2D eigenvalue weighted by Gasteiger charge is 2.36. The highest BCUT2D eigenvalue weighted by molar-refractivity contribution is 5.26. The van der Waals surface area contributed by atoms with Crippen LogP contribution in [0.3, 0.4) is 0 Å². The van der Waals surface area contributed by atoms with Gasteiger partial charge in [0.1, 0.15) is 5.82 Å². The van der Waals surface area contributed by atoms with E-state index in [1.54, 1.807) is 12.1 Å². The third-order valence-electron chi connectivity index (χ3n) is 5.20. The highest BCUT2D eigenvalue weighted by atomic mass is 19.1. The van der Waals surface area contributed by atoms with Crippen LogP contribution < -0.4 is 5.32 Å². The van der Waals surface area contributed by atoms with Crippen LogP contribution in [0.4, 0.5) is 4.39 Å². The molecule has 1 aliphatic carbocycles. The van der Waals surface area contributed by atoms with Crippen molar-refractivity contribution < 1.29 is 4.39 Å². The lowest BCUT2D eigenvalue weighted by Crippen LogP contribution is -2.57. The predicted molar refractivity (Wildman–Crippen MR) is 85.0 cm³/mol.